The summed E-state index contributed by atoms with van der Waals surface area (Å²) in [5.74, 6) is 0. The van der Waals surface area contributed by atoms with Crippen LogP contribution in [0.3, 0.4) is 0 Å². The van der Waals surface area contributed by atoms with Crippen molar-refractivity contribution in [2.45, 2.75) is 26.3 Å². The molecule has 1 fully saturated rings. The zero-order valence-electron chi connectivity index (χ0n) is 7.52. The highest BCUT2D eigenvalue weighted by atomic mass is 15.4. The van der Waals surface area contributed by atoms with Gasteiger partial charge in [-0.15, -0.1) is 0 Å². The van der Waals surface area contributed by atoms with Crippen molar-refractivity contribution >= 4 is 0 Å². The largest absolute Gasteiger partial charge is 0.289 e. The first kappa shape index (κ1) is 8.02. The summed E-state index contributed by atoms with van der Waals surface area (Å²) in [7, 11) is 2.19. The quantitative estimate of drug-likeness (QED) is 0.538. The lowest BCUT2D eigenvalue weighted by atomic mass is 10.1. The molecule has 2 heteroatoms. The number of hydrogen-bond donors (Lipinski definition) is 0. The van der Waals surface area contributed by atoms with Crippen molar-refractivity contribution in [1.29, 1.82) is 0 Å². The van der Waals surface area contributed by atoms with Gasteiger partial charge in [0.25, 0.3) is 0 Å². The Morgan fingerprint density at radius 1 is 1.40 bits per heavy atom. The van der Waals surface area contributed by atoms with Gasteiger partial charge in [-0.25, -0.2) is 0 Å². The molecule has 0 radical (unpaired) electrons. The van der Waals surface area contributed by atoms with Crippen molar-refractivity contribution in [1.82, 2.24) is 9.80 Å². The molecule has 0 amide bonds. The van der Waals surface area contributed by atoms with E-state index in [1.54, 1.807) is 0 Å². The first-order chi connectivity index (χ1) is 4.56. The van der Waals surface area contributed by atoms with Crippen molar-refractivity contribution in [2.24, 2.45) is 0 Å². The van der Waals surface area contributed by atoms with Gasteiger partial charge in [-0.05, 0) is 27.4 Å². The second kappa shape index (κ2) is 2.51. The third kappa shape index (κ3) is 1.32. The van der Waals surface area contributed by atoms with Gasteiger partial charge in [-0.1, -0.05) is 6.92 Å². The second-order valence-corrected chi connectivity index (χ2v) is 3.80. The topological polar surface area (TPSA) is 6.48 Å². The molecule has 2 nitrogen and oxygen atoms in total. The van der Waals surface area contributed by atoms with Gasteiger partial charge in [-0.3, -0.25) is 9.80 Å². The van der Waals surface area contributed by atoms with E-state index in [1.807, 2.05) is 0 Å². The zero-order valence-corrected chi connectivity index (χ0v) is 7.52. The molecule has 0 N–H and O–H groups in total. The van der Waals surface area contributed by atoms with E-state index >= 15 is 0 Å². The van der Waals surface area contributed by atoms with Crippen molar-refractivity contribution in [3.8, 4) is 0 Å². The van der Waals surface area contributed by atoms with E-state index in [-0.39, 0.29) is 0 Å². The lowest BCUT2D eigenvalue weighted by Gasteiger charge is -2.25. The van der Waals surface area contributed by atoms with Crippen LogP contribution in [0.4, 0.5) is 0 Å². The van der Waals surface area contributed by atoms with Gasteiger partial charge in [0.15, 0.2) is 0 Å². The molecule has 10 heavy (non-hydrogen) atoms. The third-order valence-corrected chi connectivity index (χ3v) is 2.50. The van der Waals surface area contributed by atoms with Crippen molar-refractivity contribution in [2.75, 3.05) is 26.8 Å². The lowest BCUT2D eigenvalue weighted by molar-refractivity contribution is 0.220. The Labute approximate surface area is 63.8 Å². The van der Waals surface area contributed by atoms with Gasteiger partial charge < -0.3 is 0 Å². The molecule has 0 saturated carbocycles. The minimum absolute atomic E-state index is 0.385. The van der Waals surface area contributed by atoms with E-state index in [0.717, 1.165) is 6.67 Å². The minimum atomic E-state index is 0.385. The fourth-order valence-electron chi connectivity index (χ4n) is 1.42. The van der Waals surface area contributed by atoms with Crippen LogP contribution in [0, 0.1) is 0 Å². The number of nitrogens with zero attached hydrogens (tertiary/aromatic N) is 2. The summed E-state index contributed by atoms with van der Waals surface area (Å²) in [5.41, 5.74) is 0.385. The maximum atomic E-state index is 2.46. The van der Waals surface area contributed by atoms with Crippen LogP contribution in [0.15, 0.2) is 0 Å². The Balaban J connectivity index is 2.53. The standard InChI is InChI=1S/C8H18N2/c1-5-10-6-8(2,3)9(4)7-10/h5-7H2,1-4H3. The van der Waals surface area contributed by atoms with Crippen molar-refractivity contribution in [3.63, 3.8) is 0 Å². The lowest BCUT2D eigenvalue weighted by Crippen LogP contribution is -2.36. The number of hydrogen-bond acceptors (Lipinski definition) is 2. The third-order valence-electron chi connectivity index (χ3n) is 2.50. The van der Waals surface area contributed by atoms with Gasteiger partial charge in [0.05, 0.1) is 6.67 Å². The molecule has 1 rings (SSSR count). The Morgan fingerprint density at radius 3 is 2.20 bits per heavy atom. The van der Waals surface area contributed by atoms with Crippen LogP contribution in [0.1, 0.15) is 20.8 Å². The molecule has 60 valence electrons. The van der Waals surface area contributed by atoms with Gasteiger partial charge in [0.1, 0.15) is 0 Å². The van der Waals surface area contributed by atoms with Crippen LogP contribution in [-0.2, 0) is 0 Å². The Kier molecular flexibility index (Phi) is 2.02. The molecule has 1 aliphatic rings. The van der Waals surface area contributed by atoms with Crippen LogP contribution in [0.5, 0.6) is 0 Å². The molecular weight excluding hydrogens is 124 g/mol. The molecule has 0 aromatic carbocycles. The summed E-state index contributed by atoms with van der Waals surface area (Å²) in [6.07, 6.45) is 0. The molecule has 0 aromatic heterocycles. The van der Waals surface area contributed by atoms with E-state index < -0.39 is 0 Å². The maximum absolute atomic E-state index is 2.46. The van der Waals surface area contributed by atoms with Crippen molar-refractivity contribution in [3.05, 3.63) is 0 Å². The van der Waals surface area contributed by atoms with Gasteiger partial charge in [-0.2, -0.15) is 0 Å². The summed E-state index contributed by atoms with van der Waals surface area (Å²) in [4.78, 5) is 4.86. The molecule has 0 atom stereocenters. The molecule has 0 unspecified atom stereocenters. The molecule has 1 heterocycles. The SMILES string of the molecule is CCN1CN(C)C(C)(C)C1. The highest BCUT2D eigenvalue weighted by Crippen LogP contribution is 2.20. The smallest absolute Gasteiger partial charge is 0.0509 e. The molecule has 1 aliphatic heterocycles. The minimum Gasteiger partial charge on any atom is -0.289 e. The predicted molar refractivity (Wildman–Crippen MR) is 44.0 cm³/mol. The number of rotatable bonds is 1. The summed E-state index contributed by atoms with van der Waals surface area (Å²) in [6, 6.07) is 0. The average molecular weight is 142 g/mol. The predicted octanol–water partition coefficient (Wildman–Crippen LogP) is 0.990. The van der Waals surface area contributed by atoms with Crippen LogP contribution in [0.25, 0.3) is 0 Å². The van der Waals surface area contributed by atoms with Gasteiger partial charge in [0.2, 0.25) is 0 Å². The second-order valence-electron chi connectivity index (χ2n) is 3.80. The van der Waals surface area contributed by atoms with Crippen molar-refractivity contribution < 1.29 is 0 Å². The van der Waals surface area contributed by atoms with Crippen LogP contribution in [0.2, 0.25) is 0 Å². The average Bonchev–Trinajstić information content (AvgIpc) is 2.08. The van der Waals surface area contributed by atoms with E-state index in [9.17, 15) is 0 Å². The summed E-state index contributed by atoms with van der Waals surface area (Å²) < 4.78 is 0. The molecule has 0 spiro atoms. The highest BCUT2D eigenvalue weighted by Gasteiger charge is 2.32. The fourth-order valence-corrected chi connectivity index (χ4v) is 1.42. The Morgan fingerprint density at radius 2 is 2.00 bits per heavy atom. The normalized spacial score (nSPS) is 27.6. The van der Waals surface area contributed by atoms with Crippen LogP contribution < -0.4 is 0 Å². The number of likely N-dealkylation sites (N-methyl/N-ethyl adjacent to an activating group) is 2. The van der Waals surface area contributed by atoms with E-state index in [2.05, 4.69) is 37.6 Å². The van der Waals surface area contributed by atoms with E-state index in [0.29, 0.717) is 5.54 Å². The summed E-state index contributed by atoms with van der Waals surface area (Å²) >= 11 is 0. The van der Waals surface area contributed by atoms with E-state index in [4.69, 9.17) is 0 Å². The monoisotopic (exact) mass is 142 g/mol. The van der Waals surface area contributed by atoms with Gasteiger partial charge in [0, 0.05) is 12.1 Å². The molecule has 0 aliphatic carbocycles. The molecule has 0 bridgehead atoms. The highest BCUT2D eigenvalue weighted by molar-refractivity contribution is 4.88. The zero-order chi connectivity index (χ0) is 7.78. The molecular formula is C8H18N2. The first-order valence-corrected chi connectivity index (χ1v) is 4.00. The Bertz CT molecular complexity index is 120. The van der Waals surface area contributed by atoms with Crippen LogP contribution in [-0.4, -0.2) is 42.1 Å². The van der Waals surface area contributed by atoms with Crippen LogP contribution >= 0.6 is 0 Å². The molecule has 1 saturated heterocycles. The molecule has 0 aromatic rings. The van der Waals surface area contributed by atoms with E-state index in [1.165, 1.54) is 13.1 Å². The first-order valence-electron chi connectivity index (χ1n) is 4.00. The fraction of sp³-hybridized carbons (Fsp3) is 1.00. The van der Waals surface area contributed by atoms with Gasteiger partial charge >= 0.3 is 0 Å². The summed E-state index contributed by atoms with van der Waals surface area (Å²) in [6.45, 7) is 10.3. The summed E-state index contributed by atoms with van der Waals surface area (Å²) in [5, 5.41) is 0. The Hall–Kier alpha value is -0.0800. The maximum Gasteiger partial charge on any atom is 0.0509 e.